The predicted octanol–water partition coefficient (Wildman–Crippen LogP) is 3.98. The number of nitrogens with zero attached hydrogens (tertiary/aromatic N) is 2. The molecule has 0 radical (unpaired) electrons. The molecule has 2 aromatic carbocycles. The van der Waals surface area contributed by atoms with Crippen molar-refractivity contribution >= 4 is 27.5 Å². The highest BCUT2D eigenvalue weighted by atomic mass is 35.5. The molecule has 0 bridgehead atoms. The molecule has 0 saturated carbocycles. The summed E-state index contributed by atoms with van der Waals surface area (Å²) < 4.78 is 28.8. The Bertz CT molecular complexity index is 1170. The highest BCUT2D eigenvalue weighted by Gasteiger charge is 2.30. The molecular formula is C23H24ClN3O3S. The van der Waals surface area contributed by atoms with Crippen LogP contribution in [0.5, 0.6) is 0 Å². The third-order valence-electron chi connectivity index (χ3n) is 5.53. The van der Waals surface area contributed by atoms with Crippen LogP contribution in [0, 0.1) is 0 Å². The number of hydrogen-bond acceptors (Lipinski definition) is 3. The number of nitrogens with one attached hydrogen (secondary N) is 1. The molecule has 0 spiro atoms. The van der Waals surface area contributed by atoms with Gasteiger partial charge in [-0.25, -0.2) is 8.42 Å². The van der Waals surface area contributed by atoms with Gasteiger partial charge in [-0.2, -0.15) is 4.31 Å². The second kappa shape index (κ2) is 8.86. The Hall–Kier alpha value is -2.61. The summed E-state index contributed by atoms with van der Waals surface area (Å²) in [6.07, 6.45) is 3.22. The molecule has 1 aromatic heterocycles. The maximum atomic E-state index is 13.2. The molecule has 0 unspecified atom stereocenters. The molecule has 1 fully saturated rings. The molecule has 4 rings (SSSR count). The average molecular weight is 458 g/mol. The number of amides is 1. The number of hydrogen-bond donors (Lipinski definition) is 1. The summed E-state index contributed by atoms with van der Waals surface area (Å²) in [5, 5.41) is 3.66. The van der Waals surface area contributed by atoms with Gasteiger partial charge in [0.1, 0.15) is 10.6 Å². The molecule has 0 aliphatic carbocycles. The molecule has 162 valence electrons. The molecule has 8 heteroatoms. The number of halogens is 1. The Morgan fingerprint density at radius 1 is 1.00 bits per heavy atom. The monoisotopic (exact) mass is 457 g/mol. The fourth-order valence-electron chi connectivity index (χ4n) is 3.84. The van der Waals surface area contributed by atoms with E-state index in [1.807, 2.05) is 42.5 Å². The third-order valence-corrected chi connectivity index (χ3v) is 7.64. The van der Waals surface area contributed by atoms with Gasteiger partial charge in [0.2, 0.25) is 10.0 Å². The van der Waals surface area contributed by atoms with Crippen molar-refractivity contribution < 1.29 is 13.2 Å². The molecule has 1 amide bonds. The van der Waals surface area contributed by atoms with Crippen LogP contribution in [-0.4, -0.2) is 36.3 Å². The van der Waals surface area contributed by atoms with Crippen molar-refractivity contribution in [1.29, 1.82) is 0 Å². The Balaban J connectivity index is 1.63. The van der Waals surface area contributed by atoms with Crippen LogP contribution in [0.2, 0.25) is 5.02 Å². The largest absolute Gasteiger partial charge is 0.345 e. The second-order valence-electron chi connectivity index (χ2n) is 7.65. The summed E-state index contributed by atoms with van der Waals surface area (Å²) >= 11 is 6.03. The molecule has 1 aliphatic heterocycles. The Morgan fingerprint density at radius 2 is 1.61 bits per heavy atom. The van der Waals surface area contributed by atoms with E-state index in [1.54, 1.807) is 23.7 Å². The van der Waals surface area contributed by atoms with Gasteiger partial charge in [-0.15, -0.1) is 0 Å². The minimum atomic E-state index is -3.59. The van der Waals surface area contributed by atoms with Crippen molar-refractivity contribution in [2.24, 2.45) is 7.05 Å². The van der Waals surface area contributed by atoms with E-state index >= 15 is 0 Å². The van der Waals surface area contributed by atoms with Crippen molar-refractivity contribution in [1.82, 2.24) is 14.2 Å². The van der Waals surface area contributed by atoms with Gasteiger partial charge in [0.05, 0.1) is 6.04 Å². The van der Waals surface area contributed by atoms with Crippen molar-refractivity contribution in [2.45, 2.75) is 23.8 Å². The Morgan fingerprint density at radius 3 is 2.26 bits per heavy atom. The van der Waals surface area contributed by atoms with Crippen LogP contribution in [0.3, 0.4) is 0 Å². The maximum Gasteiger partial charge on any atom is 0.268 e. The third kappa shape index (κ3) is 4.54. The zero-order valence-corrected chi connectivity index (χ0v) is 18.7. The van der Waals surface area contributed by atoms with Crippen LogP contribution < -0.4 is 5.32 Å². The first-order valence-corrected chi connectivity index (χ1v) is 12.0. The summed E-state index contributed by atoms with van der Waals surface area (Å²) in [5.74, 6) is -0.353. The minimum Gasteiger partial charge on any atom is -0.345 e. The van der Waals surface area contributed by atoms with Gasteiger partial charge in [-0.1, -0.05) is 54.1 Å². The zero-order chi connectivity index (χ0) is 22.0. The van der Waals surface area contributed by atoms with E-state index in [-0.39, 0.29) is 16.5 Å². The SMILES string of the molecule is Cn1cc(S(=O)(=O)N2CCCC2)cc1C(=O)N[C@H](c1ccccc1)c1ccc(Cl)cc1. The van der Waals surface area contributed by atoms with Crippen molar-refractivity contribution in [3.8, 4) is 0 Å². The number of carbonyl (C=O) groups excluding carboxylic acids is 1. The number of benzene rings is 2. The first kappa shape index (κ1) is 21.6. The van der Waals surface area contributed by atoms with Gasteiger partial charge in [0.25, 0.3) is 5.91 Å². The highest BCUT2D eigenvalue weighted by Crippen LogP contribution is 2.26. The van der Waals surface area contributed by atoms with E-state index in [9.17, 15) is 13.2 Å². The summed E-state index contributed by atoms with van der Waals surface area (Å²) in [7, 11) is -1.92. The number of carbonyl (C=O) groups is 1. The normalized spacial score (nSPS) is 15.7. The minimum absolute atomic E-state index is 0.143. The predicted molar refractivity (Wildman–Crippen MR) is 121 cm³/mol. The molecule has 6 nitrogen and oxygen atoms in total. The van der Waals surface area contributed by atoms with Crippen molar-refractivity contribution in [2.75, 3.05) is 13.1 Å². The Kier molecular flexibility index (Phi) is 6.18. The lowest BCUT2D eigenvalue weighted by molar-refractivity contribution is 0.0934. The summed E-state index contributed by atoms with van der Waals surface area (Å²) in [6.45, 7) is 1.04. The first-order chi connectivity index (χ1) is 14.9. The average Bonchev–Trinajstić information content (AvgIpc) is 3.44. The molecule has 1 saturated heterocycles. The Labute approximate surface area is 187 Å². The summed E-state index contributed by atoms with van der Waals surface area (Å²) in [6, 6.07) is 18.0. The first-order valence-electron chi connectivity index (χ1n) is 10.1. The maximum absolute atomic E-state index is 13.2. The lowest BCUT2D eigenvalue weighted by Gasteiger charge is -2.20. The van der Waals surface area contributed by atoms with Gasteiger partial charge in [-0.3, -0.25) is 4.79 Å². The van der Waals surface area contributed by atoms with Gasteiger partial charge < -0.3 is 9.88 Å². The summed E-state index contributed by atoms with van der Waals surface area (Å²) in [5.41, 5.74) is 2.08. The number of rotatable bonds is 6. The fourth-order valence-corrected chi connectivity index (χ4v) is 5.56. The molecule has 31 heavy (non-hydrogen) atoms. The highest BCUT2D eigenvalue weighted by molar-refractivity contribution is 7.89. The van der Waals surface area contributed by atoms with Gasteiger partial charge in [0.15, 0.2) is 0 Å². The quantitative estimate of drug-likeness (QED) is 0.608. The van der Waals surface area contributed by atoms with Crippen LogP contribution in [0.25, 0.3) is 0 Å². The molecule has 1 N–H and O–H groups in total. The van der Waals surface area contributed by atoms with Crippen LogP contribution in [0.4, 0.5) is 0 Å². The zero-order valence-electron chi connectivity index (χ0n) is 17.2. The number of aromatic nitrogens is 1. The second-order valence-corrected chi connectivity index (χ2v) is 10.0. The van der Waals surface area contributed by atoms with Gasteiger partial charge in [0, 0.05) is 31.4 Å². The van der Waals surface area contributed by atoms with E-state index in [0.29, 0.717) is 18.1 Å². The number of aryl methyl sites for hydroxylation is 1. The molecule has 1 atom stereocenters. The van der Waals surface area contributed by atoms with Crippen LogP contribution >= 0.6 is 11.6 Å². The number of sulfonamides is 1. The summed E-state index contributed by atoms with van der Waals surface area (Å²) in [4.78, 5) is 13.3. The van der Waals surface area contributed by atoms with Crippen LogP contribution in [0.15, 0.2) is 71.8 Å². The molecule has 2 heterocycles. The molecular weight excluding hydrogens is 434 g/mol. The van der Waals surface area contributed by atoms with E-state index in [1.165, 1.54) is 16.6 Å². The molecule has 3 aromatic rings. The van der Waals surface area contributed by atoms with E-state index < -0.39 is 16.1 Å². The van der Waals surface area contributed by atoms with E-state index in [0.717, 1.165) is 24.0 Å². The van der Waals surface area contributed by atoms with Crippen molar-refractivity contribution in [3.63, 3.8) is 0 Å². The smallest absolute Gasteiger partial charge is 0.268 e. The van der Waals surface area contributed by atoms with Gasteiger partial charge >= 0.3 is 0 Å². The topological polar surface area (TPSA) is 71.4 Å². The van der Waals surface area contributed by atoms with Crippen LogP contribution in [-0.2, 0) is 17.1 Å². The lowest BCUT2D eigenvalue weighted by Crippen LogP contribution is -2.30. The lowest BCUT2D eigenvalue weighted by atomic mass is 9.98. The van der Waals surface area contributed by atoms with Gasteiger partial charge in [-0.05, 0) is 42.2 Å². The fraction of sp³-hybridized carbons (Fsp3) is 0.261. The van der Waals surface area contributed by atoms with E-state index in [4.69, 9.17) is 11.6 Å². The van der Waals surface area contributed by atoms with Crippen LogP contribution in [0.1, 0.15) is 40.5 Å². The molecule has 1 aliphatic rings. The van der Waals surface area contributed by atoms with E-state index in [2.05, 4.69) is 5.32 Å². The standard InChI is InChI=1S/C23H24ClN3O3S/c1-26-16-20(31(29,30)27-13-5-6-14-27)15-21(26)23(28)25-22(17-7-3-2-4-8-17)18-9-11-19(24)12-10-18/h2-4,7-12,15-16,22H,5-6,13-14H2,1H3,(H,25,28)/t22-/m1/s1. The van der Waals surface area contributed by atoms with Crippen molar-refractivity contribution in [3.05, 3.63) is 88.7 Å².